The molecule has 0 aromatic heterocycles. The number of likely N-dealkylation sites (tertiary alicyclic amines) is 1. The van der Waals surface area contributed by atoms with Crippen LogP contribution in [-0.4, -0.2) is 188 Å². The lowest BCUT2D eigenvalue weighted by atomic mass is 9.91. The molecule has 472 valence electrons. The van der Waals surface area contributed by atoms with Gasteiger partial charge in [-0.25, -0.2) is 0 Å². The fourth-order valence-corrected chi connectivity index (χ4v) is 14.4. The second-order valence-corrected chi connectivity index (χ2v) is 26.1. The molecule has 11 rings (SSSR count). The van der Waals surface area contributed by atoms with Gasteiger partial charge in [0.2, 0.25) is 0 Å². The van der Waals surface area contributed by atoms with Crippen LogP contribution in [0.15, 0.2) is 65.6 Å². The average Bonchev–Trinajstić information content (AvgIpc) is 1.87. The first-order chi connectivity index (χ1) is 41.9. The van der Waals surface area contributed by atoms with Crippen LogP contribution in [0.4, 0.5) is 11.4 Å². The maximum Gasteiger partial charge on any atom is 0.296 e. The summed E-state index contributed by atoms with van der Waals surface area (Å²) in [5, 5.41) is 3.34. The first-order valence-electron chi connectivity index (χ1n) is 31.0. The van der Waals surface area contributed by atoms with Gasteiger partial charge >= 0.3 is 0 Å². The number of hydrogen-bond donors (Lipinski definition) is 1. The second-order valence-electron chi connectivity index (χ2n) is 24.5. The zero-order valence-corrected chi connectivity index (χ0v) is 51.9. The quantitative estimate of drug-likeness (QED) is 0.0595. The van der Waals surface area contributed by atoms with E-state index in [2.05, 4.69) is 20.0 Å². The molecule has 6 heterocycles. The Morgan fingerprint density at radius 2 is 0.908 bits per heavy atom. The highest BCUT2D eigenvalue weighted by molar-refractivity contribution is 7.86. The number of piperidine rings is 4. The van der Waals surface area contributed by atoms with Crippen molar-refractivity contribution in [3.8, 4) is 0 Å². The van der Waals surface area contributed by atoms with Crippen LogP contribution >= 0.6 is 0 Å². The van der Waals surface area contributed by atoms with E-state index in [0.29, 0.717) is 48.9 Å². The minimum absolute atomic E-state index is 0.00639. The third-order valence-electron chi connectivity index (χ3n) is 18.8. The molecule has 0 radical (unpaired) electrons. The zero-order chi connectivity index (χ0) is 61.9. The fraction of sp³-hybridized carbons (Fsp3) is 0.600. The van der Waals surface area contributed by atoms with Crippen molar-refractivity contribution in [1.82, 2.24) is 20.0 Å². The minimum atomic E-state index is -3.81. The number of nitrogens with one attached hydrogen (secondary N) is 1. The predicted molar refractivity (Wildman–Crippen MR) is 323 cm³/mol. The highest BCUT2D eigenvalue weighted by Crippen LogP contribution is 2.36. The van der Waals surface area contributed by atoms with Crippen molar-refractivity contribution in [2.75, 3.05) is 104 Å². The van der Waals surface area contributed by atoms with Crippen LogP contribution in [0, 0.1) is 30.6 Å². The van der Waals surface area contributed by atoms with Gasteiger partial charge in [0, 0.05) is 98.2 Å². The van der Waals surface area contributed by atoms with Gasteiger partial charge < -0.3 is 39.0 Å². The molecule has 4 saturated heterocycles. The molecule has 3 aromatic rings. The molecule has 2 aliphatic carbocycles. The van der Waals surface area contributed by atoms with Gasteiger partial charge in [-0.15, -0.1) is 0 Å². The molecule has 8 aliphatic rings. The number of carbonyl (C=O) groups is 8. The lowest BCUT2D eigenvalue weighted by Crippen LogP contribution is -2.47. The number of fused-ring (bicyclic) bond motifs is 2. The summed E-state index contributed by atoms with van der Waals surface area (Å²) in [6, 6.07) is 15.4. The van der Waals surface area contributed by atoms with Gasteiger partial charge in [0.1, 0.15) is 11.6 Å². The van der Waals surface area contributed by atoms with E-state index >= 15 is 0 Å². The molecule has 2 atom stereocenters. The molecule has 1 N–H and O–H groups in total. The highest BCUT2D eigenvalue weighted by atomic mass is 32.2. The van der Waals surface area contributed by atoms with Crippen molar-refractivity contribution in [1.29, 1.82) is 0 Å². The molecule has 87 heavy (non-hydrogen) atoms. The minimum Gasteiger partial charge on any atom is -0.371 e. The number of aryl methyl sites for hydroxylation is 1. The summed E-state index contributed by atoms with van der Waals surface area (Å²) in [6.45, 7) is 10.8. The number of amides is 4. The number of ketones is 4. The standard InChI is InChI=1S/C29H39N3O6.C27H28N2O7S.C9H19NO2/c1-37-27(38-2)15-19-7-11-30(12-8-19)18-20-9-13-31(14-10-20)21-3-5-23-24(16-21)29(36)32(28(23)35)25-6-4-22(33)17-26(25)34;1-17-2-6-21(7-3-17)37(34,35)36-16-18-10-12-28(13-11-18)19-4-8-22-23(14-19)27(33)29(26(22)32)24-9-5-20(30)15-25(24)31;1-11-9(12-2)7-8-3-5-10-6-4-8/h3,5,16,19-20,25,27H,4,6-15,17-18H2,1-2H3;2-4,6-8,14,18,24H,5,9-13,15-16H2,1H3;8-10H,3-7H2,1-2H3. The van der Waals surface area contributed by atoms with E-state index in [-0.39, 0.29) is 103 Å². The number of rotatable bonds is 18. The van der Waals surface area contributed by atoms with E-state index in [1.54, 1.807) is 64.8 Å². The topological polar surface area (TPSA) is 245 Å². The van der Waals surface area contributed by atoms with Crippen LogP contribution in [0.3, 0.4) is 0 Å². The van der Waals surface area contributed by atoms with E-state index in [4.69, 9.17) is 23.1 Å². The summed E-state index contributed by atoms with van der Waals surface area (Å²) in [4.78, 5) is 109. The summed E-state index contributed by atoms with van der Waals surface area (Å²) in [5.74, 6) is -0.696. The van der Waals surface area contributed by atoms with Crippen LogP contribution < -0.4 is 15.1 Å². The van der Waals surface area contributed by atoms with Crippen molar-refractivity contribution in [3.63, 3.8) is 0 Å². The van der Waals surface area contributed by atoms with Crippen LogP contribution in [0.25, 0.3) is 0 Å². The van der Waals surface area contributed by atoms with E-state index in [1.807, 2.05) is 19.1 Å². The number of carbonyl (C=O) groups excluding carboxylic acids is 8. The SMILES string of the molecule is COC(CC1CCN(CC2CCN(c3ccc4c(c3)C(=O)N(C3CCC(=O)CC3=O)C4=O)CC2)CC1)OC.COC(CC1CCNCC1)OC.Cc1ccc(S(=O)(=O)OCC2CCN(c3ccc4c(c3)C(=O)N(C3CCC(=O)CC3=O)C4=O)CC2)cc1. The van der Waals surface area contributed by atoms with Gasteiger partial charge in [0.25, 0.3) is 33.7 Å². The molecule has 2 saturated carbocycles. The summed E-state index contributed by atoms with van der Waals surface area (Å²) >= 11 is 0. The van der Waals surface area contributed by atoms with Crippen molar-refractivity contribution in [2.24, 2.45) is 23.7 Å². The number of nitrogens with zero attached hydrogens (tertiary/aromatic N) is 5. The first kappa shape index (κ1) is 65.3. The van der Waals surface area contributed by atoms with Crippen LogP contribution in [0.1, 0.15) is 150 Å². The molecule has 6 fully saturated rings. The number of hydrogen-bond acceptors (Lipinski definition) is 19. The molecule has 2 unspecified atom stereocenters. The van der Waals surface area contributed by atoms with Gasteiger partial charge in [-0.1, -0.05) is 17.7 Å². The molecule has 0 spiro atoms. The summed E-state index contributed by atoms with van der Waals surface area (Å²) < 4.78 is 51.3. The van der Waals surface area contributed by atoms with E-state index in [1.165, 1.54) is 37.8 Å². The highest BCUT2D eigenvalue weighted by Gasteiger charge is 2.46. The summed E-state index contributed by atoms with van der Waals surface area (Å²) in [7, 11) is 3.00. The van der Waals surface area contributed by atoms with Gasteiger partial charge in [-0.2, -0.15) is 8.42 Å². The lowest BCUT2D eigenvalue weighted by Gasteiger charge is -2.38. The van der Waals surface area contributed by atoms with Gasteiger partial charge in [-0.05, 0) is 170 Å². The Bertz CT molecular complexity index is 3080. The number of imide groups is 2. The number of methoxy groups -OCH3 is 4. The van der Waals surface area contributed by atoms with E-state index in [9.17, 15) is 46.8 Å². The van der Waals surface area contributed by atoms with Crippen LogP contribution in [0.5, 0.6) is 0 Å². The second kappa shape index (κ2) is 29.9. The Morgan fingerprint density at radius 3 is 1.34 bits per heavy atom. The van der Waals surface area contributed by atoms with Gasteiger partial charge in [-0.3, -0.25) is 52.3 Å². The molecule has 6 aliphatic heterocycles. The molecule has 22 heteroatoms. The number of anilines is 2. The maximum atomic E-state index is 13.2. The molecule has 4 amide bonds. The van der Waals surface area contributed by atoms with Gasteiger partial charge in [0.05, 0.1) is 58.7 Å². The molecular formula is C65H86N6O15S. The molecule has 3 aromatic carbocycles. The Kier molecular flexibility index (Phi) is 22.5. The van der Waals surface area contributed by atoms with E-state index in [0.717, 1.165) is 104 Å². The normalized spacial score (nSPS) is 22.3. The third kappa shape index (κ3) is 16.0. The Morgan fingerprint density at radius 1 is 0.494 bits per heavy atom. The van der Waals surface area contributed by atoms with Crippen molar-refractivity contribution < 1.29 is 69.9 Å². The number of benzene rings is 3. The fourth-order valence-electron chi connectivity index (χ4n) is 13.4. The number of ether oxygens (including phenoxy) is 4. The first-order valence-corrected chi connectivity index (χ1v) is 32.4. The Hall–Kier alpha value is -6.11. The lowest BCUT2D eigenvalue weighted by molar-refractivity contribution is -0.134. The predicted octanol–water partition coefficient (Wildman–Crippen LogP) is 6.81. The summed E-state index contributed by atoms with van der Waals surface area (Å²) in [6.07, 6.45) is 10.7. The smallest absolute Gasteiger partial charge is 0.296 e. The van der Waals surface area contributed by atoms with E-state index < -0.39 is 45.8 Å². The Balaban J connectivity index is 0.000000175. The third-order valence-corrected chi connectivity index (χ3v) is 20.1. The van der Waals surface area contributed by atoms with Crippen molar-refractivity contribution in [2.45, 2.75) is 139 Å². The molecule has 0 bridgehead atoms. The molecule has 21 nitrogen and oxygen atoms in total. The number of Topliss-reactive ketones (excluding diaryl/α,β-unsaturated/α-hetero) is 4. The van der Waals surface area contributed by atoms with Crippen molar-refractivity contribution >= 4 is 68.3 Å². The largest absolute Gasteiger partial charge is 0.371 e. The van der Waals surface area contributed by atoms with Crippen molar-refractivity contribution in [3.05, 3.63) is 88.5 Å². The zero-order valence-electron chi connectivity index (χ0n) is 51.0. The van der Waals surface area contributed by atoms with Crippen LogP contribution in [-0.2, 0) is 52.4 Å². The van der Waals surface area contributed by atoms with Crippen LogP contribution in [0.2, 0.25) is 0 Å². The summed E-state index contributed by atoms with van der Waals surface area (Å²) in [5.41, 5.74) is 3.96. The maximum absolute atomic E-state index is 13.2. The monoisotopic (exact) mass is 1220 g/mol. The molecular weight excluding hydrogens is 1140 g/mol. The average molecular weight is 1220 g/mol. The van der Waals surface area contributed by atoms with Gasteiger partial charge in [0.15, 0.2) is 24.1 Å². The Labute approximate surface area is 511 Å².